The summed E-state index contributed by atoms with van der Waals surface area (Å²) in [4.78, 5) is 16.0. The molecule has 1 heterocycles. The van der Waals surface area contributed by atoms with Crippen LogP contribution in [0.5, 0.6) is 5.75 Å². The highest BCUT2D eigenvalue weighted by molar-refractivity contribution is 5.99. The van der Waals surface area contributed by atoms with Crippen LogP contribution in [0.25, 0.3) is 27.6 Å². The van der Waals surface area contributed by atoms with Crippen molar-refractivity contribution in [3.8, 4) is 17.0 Å². The maximum atomic E-state index is 11.2. The summed E-state index contributed by atoms with van der Waals surface area (Å²) in [7, 11) is 0. The Kier molecular flexibility index (Phi) is 7.91. The van der Waals surface area contributed by atoms with Crippen molar-refractivity contribution in [2.75, 3.05) is 6.61 Å². The molecule has 174 valence electrons. The molecule has 0 saturated carbocycles. The average molecular weight is 446 g/mol. The number of allylic oxidation sites excluding steroid dienone is 1. The lowest BCUT2D eigenvalue weighted by atomic mass is 9.89. The third-order valence-corrected chi connectivity index (χ3v) is 5.99. The lowest BCUT2D eigenvalue weighted by Gasteiger charge is -2.22. The Morgan fingerprint density at radius 3 is 2.48 bits per heavy atom. The van der Waals surface area contributed by atoms with Crippen molar-refractivity contribution in [1.82, 2.24) is 4.98 Å². The second-order valence-electron chi connectivity index (χ2n) is 9.26. The zero-order valence-corrected chi connectivity index (χ0v) is 20.6. The molecule has 1 N–H and O–H groups in total. The number of ether oxygens (including phenoxy) is 1. The van der Waals surface area contributed by atoms with Crippen LogP contribution < -0.4 is 4.74 Å². The second kappa shape index (κ2) is 10.7. The van der Waals surface area contributed by atoms with Gasteiger partial charge >= 0.3 is 5.97 Å². The molecule has 0 aliphatic rings. The fraction of sp³-hybridized carbons (Fsp3) is 0.379. The minimum atomic E-state index is -0.947. The molecule has 0 atom stereocenters. The summed E-state index contributed by atoms with van der Waals surface area (Å²) >= 11 is 0. The van der Waals surface area contributed by atoms with Crippen LogP contribution in [0.3, 0.4) is 0 Å². The quantitative estimate of drug-likeness (QED) is 0.269. The number of hydrogen-bond donors (Lipinski definition) is 1. The minimum Gasteiger partial charge on any atom is -0.493 e. The summed E-state index contributed by atoms with van der Waals surface area (Å²) in [6.45, 7) is 13.5. The molecule has 0 aliphatic heterocycles. The van der Waals surface area contributed by atoms with E-state index in [0.717, 1.165) is 46.2 Å². The van der Waals surface area contributed by atoms with Gasteiger partial charge in [-0.15, -0.1) is 0 Å². The Hall–Kier alpha value is -3.14. The molecule has 1 aromatic heterocycles. The maximum Gasteiger partial charge on any atom is 0.328 e. The van der Waals surface area contributed by atoms with Crippen LogP contribution in [0.1, 0.15) is 82.9 Å². The van der Waals surface area contributed by atoms with Gasteiger partial charge in [0.15, 0.2) is 0 Å². The van der Waals surface area contributed by atoms with Gasteiger partial charge in [0.1, 0.15) is 5.75 Å². The van der Waals surface area contributed by atoms with E-state index >= 15 is 0 Å². The van der Waals surface area contributed by atoms with E-state index in [-0.39, 0.29) is 0 Å². The fourth-order valence-electron chi connectivity index (χ4n) is 3.99. The standard InChI is InChI=1S/C29H35NO3/c1-7-8-13-33-29-24(19(4)5)16-23(18(2)3)17-26(29)28-25-15-22(20(6)14-27(31)32)10-9-21(25)11-12-30-28/h9-12,14-19H,7-8,13H2,1-6H3,(H,31,32)/b20-14+. The zero-order valence-electron chi connectivity index (χ0n) is 20.6. The lowest BCUT2D eigenvalue weighted by molar-refractivity contribution is -0.131. The molecule has 0 aliphatic carbocycles. The van der Waals surface area contributed by atoms with Crippen LogP contribution in [-0.4, -0.2) is 22.7 Å². The van der Waals surface area contributed by atoms with Gasteiger partial charge in [-0.3, -0.25) is 4.98 Å². The van der Waals surface area contributed by atoms with E-state index in [9.17, 15) is 9.90 Å². The van der Waals surface area contributed by atoms with Gasteiger partial charge < -0.3 is 9.84 Å². The van der Waals surface area contributed by atoms with E-state index in [1.165, 1.54) is 17.2 Å². The molecule has 4 nitrogen and oxygen atoms in total. The SMILES string of the molecule is CCCCOc1c(-c2nccc3ccc(/C(C)=C/C(=O)O)cc23)cc(C(C)C)cc1C(C)C. The predicted molar refractivity (Wildman–Crippen MR) is 137 cm³/mol. The predicted octanol–water partition coefficient (Wildman–Crippen LogP) is 7.82. The van der Waals surface area contributed by atoms with Crippen molar-refractivity contribution in [2.45, 2.75) is 66.2 Å². The number of aromatic nitrogens is 1. The van der Waals surface area contributed by atoms with Crippen molar-refractivity contribution in [3.05, 3.63) is 65.4 Å². The first-order valence-electron chi connectivity index (χ1n) is 11.8. The average Bonchev–Trinajstić information content (AvgIpc) is 2.77. The first-order valence-corrected chi connectivity index (χ1v) is 11.8. The van der Waals surface area contributed by atoms with Gasteiger partial charge in [0.2, 0.25) is 0 Å². The highest BCUT2D eigenvalue weighted by Gasteiger charge is 2.20. The Morgan fingerprint density at radius 1 is 1.09 bits per heavy atom. The van der Waals surface area contributed by atoms with Crippen molar-refractivity contribution in [3.63, 3.8) is 0 Å². The molecule has 0 bridgehead atoms. The van der Waals surface area contributed by atoms with Crippen molar-refractivity contribution < 1.29 is 14.6 Å². The highest BCUT2D eigenvalue weighted by Crippen LogP contribution is 2.41. The van der Waals surface area contributed by atoms with Crippen LogP contribution in [0.15, 0.2) is 48.7 Å². The molecule has 4 heteroatoms. The molecule has 0 amide bonds. The van der Waals surface area contributed by atoms with E-state index in [1.54, 1.807) is 0 Å². The van der Waals surface area contributed by atoms with Gasteiger partial charge in [-0.25, -0.2) is 4.79 Å². The molecule has 0 saturated heterocycles. The number of hydrogen-bond acceptors (Lipinski definition) is 3. The molecular weight excluding hydrogens is 410 g/mol. The van der Waals surface area contributed by atoms with Crippen LogP contribution >= 0.6 is 0 Å². The summed E-state index contributed by atoms with van der Waals surface area (Å²) in [6.07, 6.45) is 5.15. The number of carboxylic acid groups (broad SMARTS) is 1. The maximum absolute atomic E-state index is 11.2. The van der Waals surface area contributed by atoms with Gasteiger partial charge in [-0.2, -0.15) is 0 Å². The number of rotatable bonds is 9. The molecule has 0 fully saturated rings. The first-order chi connectivity index (χ1) is 15.7. The number of aliphatic carboxylic acids is 1. The number of carboxylic acids is 1. The number of carbonyl (C=O) groups is 1. The first kappa shape index (κ1) is 24.5. The number of benzene rings is 2. The van der Waals surface area contributed by atoms with Crippen molar-refractivity contribution in [2.24, 2.45) is 0 Å². The molecule has 0 radical (unpaired) electrons. The van der Waals surface area contributed by atoms with Crippen molar-refractivity contribution in [1.29, 1.82) is 0 Å². The summed E-state index contributed by atoms with van der Waals surface area (Å²) in [5.41, 5.74) is 5.91. The molecule has 3 aromatic rings. The fourth-order valence-corrected chi connectivity index (χ4v) is 3.99. The molecule has 2 aromatic carbocycles. The Balaban J connectivity index is 2.31. The molecular formula is C29H35NO3. The minimum absolute atomic E-state index is 0.311. The van der Waals surface area contributed by atoms with Gasteiger partial charge in [0.05, 0.1) is 12.3 Å². The van der Waals surface area contributed by atoms with Crippen LogP contribution in [0.4, 0.5) is 0 Å². The largest absolute Gasteiger partial charge is 0.493 e. The number of pyridine rings is 1. The van der Waals surface area contributed by atoms with E-state index < -0.39 is 5.97 Å². The molecule has 0 spiro atoms. The Labute approximate surface area is 197 Å². The monoisotopic (exact) mass is 445 g/mol. The summed E-state index contributed by atoms with van der Waals surface area (Å²) in [5.74, 6) is 0.644. The molecule has 33 heavy (non-hydrogen) atoms. The second-order valence-corrected chi connectivity index (χ2v) is 9.26. The number of fused-ring (bicyclic) bond motifs is 1. The number of nitrogens with zero attached hydrogens (tertiary/aromatic N) is 1. The van der Waals surface area contributed by atoms with Crippen molar-refractivity contribution >= 4 is 22.3 Å². The zero-order chi connectivity index (χ0) is 24.1. The number of unbranched alkanes of at least 4 members (excludes halogenated alkanes) is 1. The van der Waals surface area contributed by atoms with Gasteiger partial charge in [-0.05, 0) is 71.0 Å². The topological polar surface area (TPSA) is 59.4 Å². The van der Waals surface area contributed by atoms with E-state index in [4.69, 9.17) is 9.72 Å². The lowest BCUT2D eigenvalue weighted by Crippen LogP contribution is -2.05. The Bertz CT molecular complexity index is 1170. The summed E-state index contributed by atoms with van der Waals surface area (Å²) < 4.78 is 6.41. The van der Waals surface area contributed by atoms with Gasteiger partial charge in [-0.1, -0.05) is 59.2 Å². The van der Waals surface area contributed by atoms with E-state index in [1.807, 2.05) is 37.4 Å². The summed E-state index contributed by atoms with van der Waals surface area (Å²) in [5, 5.41) is 11.2. The third kappa shape index (κ3) is 5.62. The molecule has 0 unspecified atom stereocenters. The van der Waals surface area contributed by atoms with Gasteiger partial charge in [0.25, 0.3) is 0 Å². The molecule has 3 rings (SSSR count). The smallest absolute Gasteiger partial charge is 0.328 e. The van der Waals surface area contributed by atoms with Gasteiger partial charge in [0, 0.05) is 23.2 Å². The van der Waals surface area contributed by atoms with E-state index in [0.29, 0.717) is 24.0 Å². The third-order valence-electron chi connectivity index (χ3n) is 5.99. The summed E-state index contributed by atoms with van der Waals surface area (Å²) in [6, 6.07) is 12.5. The Morgan fingerprint density at radius 2 is 1.85 bits per heavy atom. The van der Waals surface area contributed by atoms with Crippen LogP contribution in [-0.2, 0) is 4.79 Å². The van der Waals surface area contributed by atoms with Crippen LogP contribution in [0.2, 0.25) is 0 Å². The highest BCUT2D eigenvalue weighted by atomic mass is 16.5. The van der Waals surface area contributed by atoms with Crippen LogP contribution in [0, 0.1) is 0 Å². The normalized spacial score (nSPS) is 12.1. The van der Waals surface area contributed by atoms with E-state index in [2.05, 4.69) is 46.8 Å².